The number of amides is 1. The van der Waals surface area contributed by atoms with Crippen LogP contribution in [0.1, 0.15) is 37.3 Å². The molecule has 178 valence electrons. The minimum Gasteiger partial charge on any atom is -0.357 e. The number of hydrogen-bond acceptors (Lipinski definition) is 4. The fourth-order valence-corrected chi connectivity index (χ4v) is 4.28. The van der Waals surface area contributed by atoms with E-state index in [2.05, 4.69) is 33.8 Å². The molecule has 7 nitrogen and oxygen atoms in total. The largest absolute Gasteiger partial charge is 0.357 e. The Labute approximate surface area is 211 Å². The normalized spacial score (nSPS) is 18.4. The fraction of sp³-hybridized carbons (Fsp3) is 0.458. The highest BCUT2D eigenvalue weighted by molar-refractivity contribution is 14.0. The van der Waals surface area contributed by atoms with Crippen molar-refractivity contribution in [1.29, 1.82) is 0 Å². The smallest absolute Gasteiger partial charge is 0.222 e. The van der Waals surface area contributed by atoms with Crippen molar-refractivity contribution in [3.63, 3.8) is 0 Å². The summed E-state index contributed by atoms with van der Waals surface area (Å²) in [5, 5.41) is 6.78. The van der Waals surface area contributed by atoms with Gasteiger partial charge in [-0.15, -0.1) is 24.0 Å². The Bertz CT molecular complexity index is 971. The second-order valence-electron chi connectivity index (χ2n) is 8.32. The molecule has 2 fully saturated rings. The number of guanidine groups is 1. The number of benzene rings is 1. The topological polar surface area (TPSA) is 72.9 Å². The highest BCUT2D eigenvalue weighted by Crippen LogP contribution is 2.21. The van der Waals surface area contributed by atoms with Gasteiger partial charge >= 0.3 is 0 Å². The summed E-state index contributed by atoms with van der Waals surface area (Å²) in [7, 11) is 0. The maximum Gasteiger partial charge on any atom is 0.222 e. The molecule has 1 atom stereocenters. The van der Waals surface area contributed by atoms with Gasteiger partial charge in [0.2, 0.25) is 5.91 Å². The van der Waals surface area contributed by atoms with Crippen molar-refractivity contribution in [2.45, 2.75) is 45.3 Å². The molecule has 0 spiro atoms. The number of halogens is 2. The third-order valence-corrected chi connectivity index (χ3v) is 5.87. The zero-order valence-corrected chi connectivity index (χ0v) is 21.3. The molecule has 1 aromatic carbocycles. The van der Waals surface area contributed by atoms with Crippen LogP contribution in [0.15, 0.2) is 47.6 Å². The van der Waals surface area contributed by atoms with Gasteiger partial charge in [-0.1, -0.05) is 24.3 Å². The number of nitrogens with one attached hydrogen (secondary N) is 2. The first kappa shape index (κ1) is 25.2. The highest BCUT2D eigenvalue weighted by atomic mass is 127. The molecular weight excluding hydrogens is 534 g/mol. The summed E-state index contributed by atoms with van der Waals surface area (Å²) in [5.74, 6) is 1.11. The van der Waals surface area contributed by atoms with Gasteiger partial charge in [0.05, 0.1) is 6.54 Å². The summed E-state index contributed by atoms with van der Waals surface area (Å²) < 4.78 is 14.1. The third-order valence-electron chi connectivity index (χ3n) is 5.87. The molecule has 3 heterocycles. The molecule has 1 unspecified atom stereocenters. The average molecular weight is 566 g/mol. The summed E-state index contributed by atoms with van der Waals surface area (Å²) in [6, 6.07) is 11.5. The van der Waals surface area contributed by atoms with E-state index < -0.39 is 0 Å². The van der Waals surface area contributed by atoms with Crippen LogP contribution in [0.2, 0.25) is 0 Å². The molecule has 0 bridgehead atoms. The number of pyridine rings is 1. The molecule has 1 amide bonds. The molecular formula is C24H32FIN6O. The lowest BCUT2D eigenvalue weighted by molar-refractivity contribution is -0.128. The Morgan fingerprint density at radius 3 is 2.85 bits per heavy atom. The van der Waals surface area contributed by atoms with Gasteiger partial charge in [-0.05, 0) is 43.0 Å². The summed E-state index contributed by atoms with van der Waals surface area (Å²) in [6.07, 6.45) is 4.12. The number of carbonyl (C=O) groups excluding carboxylic acids is 1. The molecule has 4 rings (SSSR count). The van der Waals surface area contributed by atoms with Crippen LogP contribution in [0, 0.1) is 5.82 Å². The maximum absolute atomic E-state index is 14.1. The number of aromatic nitrogens is 1. The van der Waals surface area contributed by atoms with Crippen molar-refractivity contribution in [2.24, 2.45) is 4.99 Å². The molecule has 0 aliphatic carbocycles. The van der Waals surface area contributed by atoms with Crippen LogP contribution in [0.25, 0.3) is 0 Å². The summed E-state index contributed by atoms with van der Waals surface area (Å²) in [6.45, 7) is 6.28. The zero-order chi connectivity index (χ0) is 22.3. The number of hydrogen-bond donors (Lipinski definition) is 2. The Morgan fingerprint density at radius 2 is 2.09 bits per heavy atom. The molecule has 9 heteroatoms. The van der Waals surface area contributed by atoms with E-state index in [1.165, 1.54) is 6.07 Å². The second-order valence-corrected chi connectivity index (χ2v) is 8.32. The Morgan fingerprint density at radius 1 is 1.24 bits per heavy atom. The molecule has 2 aliphatic rings. The number of nitrogens with zero attached hydrogens (tertiary/aromatic N) is 4. The minimum atomic E-state index is -0.288. The Kier molecular flexibility index (Phi) is 9.28. The van der Waals surface area contributed by atoms with Crippen molar-refractivity contribution in [2.75, 3.05) is 31.1 Å². The van der Waals surface area contributed by atoms with Gasteiger partial charge in [0, 0.05) is 51.4 Å². The van der Waals surface area contributed by atoms with Gasteiger partial charge in [0.1, 0.15) is 0 Å². The first-order valence-corrected chi connectivity index (χ1v) is 11.4. The van der Waals surface area contributed by atoms with Crippen molar-refractivity contribution < 1.29 is 9.18 Å². The molecule has 33 heavy (non-hydrogen) atoms. The number of rotatable bonds is 7. The van der Waals surface area contributed by atoms with Crippen LogP contribution in [0.3, 0.4) is 0 Å². The van der Waals surface area contributed by atoms with Crippen LogP contribution in [0.5, 0.6) is 0 Å². The predicted molar refractivity (Wildman–Crippen MR) is 139 cm³/mol. The standard InChI is InChI=1S/C24H31FN6O.HI/c1-2-26-24(29-20-10-13-31(17-20)23-21(25)8-4-11-27-23)28-15-18-6-3-7-19(14-18)16-30-12-5-9-22(30)32;/h3-4,6-8,11,14,20H,2,5,9-10,12-13,15-17H2,1H3,(H2,26,28,29);1H. The predicted octanol–water partition coefficient (Wildman–Crippen LogP) is 3.30. The quantitative estimate of drug-likeness (QED) is 0.306. The molecule has 2 saturated heterocycles. The highest BCUT2D eigenvalue weighted by Gasteiger charge is 2.26. The van der Waals surface area contributed by atoms with Gasteiger partial charge in [-0.3, -0.25) is 4.79 Å². The molecule has 1 aromatic heterocycles. The van der Waals surface area contributed by atoms with Crippen LogP contribution in [0.4, 0.5) is 10.2 Å². The Balaban J connectivity index is 0.00000306. The minimum absolute atomic E-state index is 0. The zero-order valence-electron chi connectivity index (χ0n) is 19.0. The lowest BCUT2D eigenvalue weighted by atomic mass is 10.1. The lowest BCUT2D eigenvalue weighted by Gasteiger charge is -2.20. The lowest BCUT2D eigenvalue weighted by Crippen LogP contribution is -2.44. The van der Waals surface area contributed by atoms with Crippen LogP contribution in [-0.4, -0.2) is 54.0 Å². The molecule has 2 aliphatic heterocycles. The van der Waals surface area contributed by atoms with E-state index >= 15 is 0 Å². The van der Waals surface area contributed by atoms with E-state index in [1.807, 2.05) is 22.8 Å². The maximum atomic E-state index is 14.1. The molecule has 0 radical (unpaired) electrons. The van der Waals surface area contributed by atoms with Crippen LogP contribution in [-0.2, 0) is 17.9 Å². The average Bonchev–Trinajstić information content (AvgIpc) is 3.42. The van der Waals surface area contributed by atoms with E-state index in [9.17, 15) is 9.18 Å². The molecule has 2 aromatic rings. The number of likely N-dealkylation sites (tertiary alicyclic amines) is 1. The van der Waals surface area contributed by atoms with E-state index in [-0.39, 0.29) is 41.7 Å². The number of anilines is 1. The van der Waals surface area contributed by atoms with E-state index in [0.717, 1.165) is 49.6 Å². The second kappa shape index (κ2) is 12.2. The monoisotopic (exact) mass is 566 g/mol. The summed E-state index contributed by atoms with van der Waals surface area (Å²) in [4.78, 5) is 24.7. The number of aliphatic imine (C=N–C) groups is 1. The summed E-state index contributed by atoms with van der Waals surface area (Å²) >= 11 is 0. The van der Waals surface area contributed by atoms with Crippen molar-refractivity contribution in [1.82, 2.24) is 20.5 Å². The molecule has 2 N–H and O–H groups in total. The van der Waals surface area contributed by atoms with Crippen molar-refractivity contribution in [3.8, 4) is 0 Å². The van der Waals surface area contributed by atoms with Gasteiger partial charge < -0.3 is 20.4 Å². The van der Waals surface area contributed by atoms with Crippen molar-refractivity contribution in [3.05, 3.63) is 59.5 Å². The molecule has 0 saturated carbocycles. The van der Waals surface area contributed by atoms with Crippen LogP contribution < -0.4 is 15.5 Å². The van der Waals surface area contributed by atoms with Crippen LogP contribution >= 0.6 is 24.0 Å². The van der Waals surface area contributed by atoms with Gasteiger partial charge in [-0.25, -0.2) is 14.4 Å². The van der Waals surface area contributed by atoms with Gasteiger partial charge in [0.15, 0.2) is 17.6 Å². The van der Waals surface area contributed by atoms with E-state index in [4.69, 9.17) is 4.99 Å². The van der Waals surface area contributed by atoms with Gasteiger partial charge in [-0.2, -0.15) is 0 Å². The third kappa shape index (κ3) is 6.78. The Hall–Kier alpha value is -2.43. The summed E-state index contributed by atoms with van der Waals surface area (Å²) in [5.41, 5.74) is 2.24. The first-order chi connectivity index (χ1) is 15.6. The van der Waals surface area contributed by atoms with E-state index in [0.29, 0.717) is 31.9 Å². The van der Waals surface area contributed by atoms with Crippen molar-refractivity contribution >= 4 is 41.7 Å². The van der Waals surface area contributed by atoms with Gasteiger partial charge in [0.25, 0.3) is 0 Å². The SMILES string of the molecule is CCNC(=NCc1cccc(CN2CCCC2=O)c1)NC1CCN(c2ncccc2F)C1.I. The first-order valence-electron chi connectivity index (χ1n) is 11.4. The fourth-order valence-electron chi connectivity index (χ4n) is 4.28. The van der Waals surface area contributed by atoms with E-state index in [1.54, 1.807) is 12.3 Å². The number of carbonyl (C=O) groups is 1.